The first-order valence-corrected chi connectivity index (χ1v) is 7.80. The number of carbonyl (C=O) groups excluding carboxylic acids is 1. The van der Waals surface area contributed by atoms with Crippen molar-refractivity contribution >= 4 is 11.6 Å². The molecule has 21 heavy (non-hydrogen) atoms. The molecule has 1 aliphatic rings. The molecule has 4 heteroatoms. The van der Waals surface area contributed by atoms with Gasteiger partial charge in [-0.25, -0.2) is 0 Å². The number of aliphatic hydroxyl groups is 1. The van der Waals surface area contributed by atoms with Crippen molar-refractivity contribution in [3.05, 3.63) is 29.8 Å². The molecule has 0 bridgehead atoms. The maximum atomic E-state index is 12.1. The van der Waals surface area contributed by atoms with E-state index in [1.807, 2.05) is 30.1 Å². The van der Waals surface area contributed by atoms with E-state index in [2.05, 4.69) is 18.3 Å². The van der Waals surface area contributed by atoms with Gasteiger partial charge in [0.05, 0.1) is 12.1 Å². The van der Waals surface area contributed by atoms with Gasteiger partial charge in [-0.1, -0.05) is 31.9 Å². The first-order chi connectivity index (χ1) is 10.0. The molecule has 4 nitrogen and oxygen atoms in total. The number of likely N-dealkylation sites (N-methyl/N-ethyl adjacent to an activating group) is 1. The minimum atomic E-state index is -0.600. The van der Waals surface area contributed by atoms with E-state index < -0.39 is 5.60 Å². The van der Waals surface area contributed by atoms with Gasteiger partial charge in [0.25, 0.3) is 0 Å². The van der Waals surface area contributed by atoms with E-state index in [4.69, 9.17) is 0 Å². The lowest BCUT2D eigenvalue weighted by Gasteiger charge is -2.28. The fourth-order valence-corrected chi connectivity index (χ4v) is 3.06. The van der Waals surface area contributed by atoms with E-state index in [0.717, 1.165) is 37.8 Å². The third kappa shape index (κ3) is 4.83. The minimum absolute atomic E-state index is 0.0349. The van der Waals surface area contributed by atoms with Gasteiger partial charge in [-0.2, -0.15) is 0 Å². The van der Waals surface area contributed by atoms with Crippen molar-refractivity contribution in [1.82, 2.24) is 4.90 Å². The molecule has 1 fully saturated rings. The topological polar surface area (TPSA) is 52.6 Å². The van der Waals surface area contributed by atoms with Crippen LogP contribution in [0.1, 0.15) is 38.2 Å². The Morgan fingerprint density at radius 1 is 1.38 bits per heavy atom. The lowest BCUT2D eigenvalue weighted by Crippen LogP contribution is -2.42. The first-order valence-electron chi connectivity index (χ1n) is 7.80. The van der Waals surface area contributed by atoms with Crippen LogP contribution < -0.4 is 5.32 Å². The van der Waals surface area contributed by atoms with E-state index in [1.165, 1.54) is 5.56 Å². The number of benzene rings is 1. The number of aryl methyl sites for hydroxylation is 1. The Morgan fingerprint density at radius 2 is 2.10 bits per heavy atom. The van der Waals surface area contributed by atoms with Crippen molar-refractivity contribution in [2.75, 3.05) is 25.5 Å². The largest absolute Gasteiger partial charge is 0.389 e. The molecule has 2 rings (SSSR count). The summed E-state index contributed by atoms with van der Waals surface area (Å²) < 4.78 is 0. The molecule has 1 aliphatic carbocycles. The highest BCUT2D eigenvalue weighted by molar-refractivity contribution is 5.92. The van der Waals surface area contributed by atoms with E-state index in [9.17, 15) is 9.90 Å². The zero-order chi connectivity index (χ0) is 15.3. The van der Waals surface area contributed by atoms with E-state index in [-0.39, 0.29) is 5.91 Å². The Labute approximate surface area is 127 Å². The smallest absolute Gasteiger partial charge is 0.238 e. The van der Waals surface area contributed by atoms with Crippen LogP contribution in [0.4, 0.5) is 5.69 Å². The molecule has 1 aromatic carbocycles. The molecule has 116 valence electrons. The summed E-state index contributed by atoms with van der Waals surface area (Å²) in [5.41, 5.74) is 1.45. The van der Waals surface area contributed by atoms with Crippen LogP contribution in [0, 0.1) is 0 Å². The molecular weight excluding hydrogens is 264 g/mol. The Bertz CT molecular complexity index is 481. The number of carbonyl (C=O) groups is 1. The summed E-state index contributed by atoms with van der Waals surface area (Å²) in [5, 5.41) is 13.3. The Kier molecular flexibility index (Phi) is 5.37. The van der Waals surface area contributed by atoms with Crippen molar-refractivity contribution in [3.63, 3.8) is 0 Å². The fourth-order valence-electron chi connectivity index (χ4n) is 3.06. The maximum Gasteiger partial charge on any atom is 0.238 e. The molecule has 1 amide bonds. The molecule has 0 heterocycles. The average molecular weight is 290 g/mol. The SMILES string of the molecule is CCc1cccc(NC(=O)CN(C)CC2(O)CCCC2)c1. The Morgan fingerprint density at radius 3 is 2.76 bits per heavy atom. The van der Waals surface area contributed by atoms with Crippen LogP contribution in [-0.4, -0.2) is 41.7 Å². The van der Waals surface area contributed by atoms with Crippen LogP contribution in [0.5, 0.6) is 0 Å². The quantitative estimate of drug-likeness (QED) is 0.846. The zero-order valence-corrected chi connectivity index (χ0v) is 13.1. The summed E-state index contributed by atoms with van der Waals surface area (Å²) in [5.74, 6) is -0.0349. The molecule has 0 spiro atoms. The number of nitrogens with one attached hydrogen (secondary N) is 1. The van der Waals surface area contributed by atoms with Crippen molar-refractivity contribution in [1.29, 1.82) is 0 Å². The third-order valence-corrected chi connectivity index (χ3v) is 4.13. The number of hydrogen-bond acceptors (Lipinski definition) is 3. The van der Waals surface area contributed by atoms with Gasteiger partial charge >= 0.3 is 0 Å². The van der Waals surface area contributed by atoms with Gasteiger partial charge in [-0.05, 0) is 44.0 Å². The lowest BCUT2D eigenvalue weighted by atomic mass is 10.0. The fraction of sp³-hybridized carbons (Fsp3) is 0.588. The van der Waals surface area contributed by atoms with E-state index in [1.54, 1.807) is 0 Å². The molecule has 0 saturated heterocycles. The van der Waals surface area contributed by atoms with Gasteiger partial charge < -0.3 is 10.4 Å². The molecule has 0 atom stereocenters. The average Bonchev–Trinajstić information content (AvgIpc) is 2.84. The summed E-state index contributed by atoms with van der Waals surface area (Å²) in [6.45, 7) is 2.96. The normalized spacial score (nSPS) is 17.1. The second kappa shape index (κ2) is 7.05. The first kappa shape index (κ1) is 16.0. The van der Waals surface area contributed by atoms with Gasteiger partial charge in [-0.15, -0.1) is 0 Å². The van der Waals surface area contributed by atoms with Gasteiger partial charge in [0.15, 0.2) is 0 Å². The molecule has 0 aromatic heterocycles. The van der Waals surface area contributed by atoms with Crippen molar-refractivity contribution in [2.45, 2.75) is 44.6 Å². The maximum absolute atomic E-state index is 12.1. The summed E-state index contributed by atoms with van der Waals surface area (Å²) >= 11 is 0. The van der Waals surface area contributed by atoms with Gasteiger partial charge in [0, 0.05) is 12.2 Å². The third-order valence-electron chi connectivity index (χ3n) is 4.13. The minimum Gasteiger partial charge on any atom is -0.389 e. The molecule has 0 aliphatic heterocycles. The highest BCUT2D eigenvalue weighted by Crippen LogP contribution is 2.29. The predicted molar refractivity (Wildman–Crippen MR) is 85.4 cm³/mol. The number of hydrogen-bond donors (Lipinski definition) is 2. The van der Waals surface area contributed by atoms with Gasteiger partial charge in [0.2, 0.25) is 5.91 Å². The van der Waals surface area contributed by atoms with Crippen LogP contribution in [0.25, 0.3) is 0 Å². The van der Waals surface area contributed by atoms with Crippen LogP contribution >= 0.6 is 0 Å². The molecule has 0 radical (unpaired) electrons. The summed E-state index contributed by atoms with van der Waals surface area (Å²) in [6.07, 6.45) is 4.81. The van der Waals surface area contributed by atoms with Crippen LogP contribution in [0.2, 0.25) is 0 Å². The second-order valence-electron chi connectivity index (χ2n) is 6.21. The zero-order valence-electron chi connectivity index (χ0n) is 13.1. The van der Waals surface area contributed by atoms with E-state index >= 15 is 0 Å². The Balaban J connectivity index is 1.83. The highest BCUT2D eigenvalue weighted by Gasteiger charge is 2.32. The Hall–Kier alpha value is -1.39. The number of nitrogens with zero attached hydrogens (tertiary/aromatic N) is 1. The van der Waals surface area contributed by atoms with Crippen molar-refractivity contribution in [2.24, 2.45) is 0 Å². The molecular formula is C17H26N2O2. The van der Waals surface area contributed by atoms with Crippen LogP contribution in [0.15, 0.2) is 24.3 Å². The molecule has 0 unspecified atom stereocenters. The summed E-state index contributed by atoms with van der Waals surface area (Å²) in [7, 11) is 1.89. The number of rotatable bonds is 6. The lowest BCUT2D eigenvalue weighted by molar-refractivity contribution is -0.117. The molecule has 1 aromatic rings. The van der Waals surface area contributed by atoms with Crippen molar-refractivity contribution < 1.29 is 9.90 Å². The predicted octanol–water partition coefficient (Wildman–Crippen LogP) is 2.42. The van der Waals surface area contributed by atoms with Crippen LogP contribution in [-0.2, 0) is 11.2 Å². The van der Waals surface area contributed by atoms with Crippen molar-refractivity contribution in [3.8, 4) is 0 Å². The molecule has 2 N–H and O–H groups in total. The second-order valence-corrected chi connectivity index (χ2v) is 6.21. The standard InChI is InChI=1S/C17H26N2O2/c1-3-14-7-6-8-15(11-14)18-16(20)12-19(2)13-17(21)9-4-5-10-17/h6-8,11,21H,3-5,9-10,12-13H2,1-2H3,(H,18,20). The van der Waals surface area contributed by atoms with Crippen LogP contribution in [0.3, 0.4) is 0 Å². The van der Waals surface area contributed by atoms with Gasteiger partial charge in [-0.3, -0.25) is 9.69 Å². The summed E-state index contributed by atoms with van der Waals surface area (Å²) in [6, 6.07) is 7.92. The van der Waals surface area contributed by atoms with E-state index in [0.29, 0.717) is 13.1 Å². The van der Waals surface area contributed by atoms with Gasteiger partial charge in [0.1, 0.15) is 0 Å². The molecule has 1 saturated carbocycles. The number of anilines is 1. The highest BCUT2D eigenvalue weighted by atomic mass is 16.3. The summed E-state index contributed by atoms with van der Waals surface area (Å²) in [4.78, 5) is 14.0. The number of amides is 1. The monoisotopic (exact) mass is 290 g/mol.